The minimum atomic E-state index is -0.963. The SMILES string of the molecule is O=C(NC1COCC1C(=O)O)c1csc(-c2ccsc2)n1. The van der Waals surface area contributed by atoms with Crippen LogP contribution in [-0.4, -0.2) is 41.2 Å². The predicted molar refractivity (Wildman–Crippen MR) is 78.6 cm³/mol. The second kappa shape index (κ2) is 5.92. The Hall–Kier alpha value is -1.77. The zero-order valence-electron chi connectivity index (χ0n) is 10.8. The summed E-state index contributed by atoms with van der Waals surface area (Å²) in [6.07, 6.45) is 0. The van der Waals surface area contributed by atoms with Gasteiger partial charge in [-0.15, -0.1) is 11.3 Å². The van der Waals surface area contributed by atoms with Crippen LogP contribution in [0.2, 0.25) is 0 Å². The van der Waals surface area contributed by atoms with Crippen LogP contribution >= 0.6 is 22.7 Å². The molecule has 0 aliphatic carbocycles. The van der Waals surface area contributed by atoms with Crippen LogP contribution in [0.25, 0.3) is 10.6 Å². The van der Waals surface area contributed by atoms with Crippen LogP contribution in [0.4, 0.5) is 0 Å². The van der Waals surface area contributed by atoms with E-state index in [9.17, 15) is 9.59 Å². The first-order chi connectivity index (χ1) is 10.1. The van der Waals surface area contributed by atoms with Crippen LogP contribution in [0, 0.1) is 5.92 Å². The maximum Gasteiger partial charge on any atom is 0.311 e. The molecule has 1 fully saturated rings. The molecule has 3 rings (SSSR count). The van der Waals surface area contributed by atoms with Gasteiger partial charge >= 0.3 is 5.97 Å². The van der Waals surface area contributed by atoms with Gasteiger partial charge in [-0.1, -0.05) is 0 Å². The summed E-state index contributed by atoms with van der Waals surface area (Å²) in [7, 11) is 0. The second-order valence-electron chi connectivity index (χ2n) is 4.61. The zero-order chi connectivity index (χ0) is 14.8. The Labute approximate surface area is 128 Å². The van der Waals surface area contributed by atoms with E-state index in [1.807, 2.05) is 16.8 Å². The van der Waals surface area contributed by atoms with Crippen LogP contribution in [0.1, 0.15) is 10.5 Å². The van der Waals surface area contributed by atoms with Crippen molar-refractivity contribution in [3.05, 3.63) is 27.9 Å². The Morgan fingerprint density at radius 1 is 1.38 bits per heavy atom. The lowest BCUT2D eigenvalue weighted by molar-refractivity contribution is -0.142. The summed E-state index contributed by atoms with van der Waals surface area (Å²) in [6, 6.07) is 1.43. The van der Waals surface area contributed by atoms with Crippen molar-refractivity contribution in [2.24, 2.45) is 5.92 Å². The van der Waals surface area contributed by atoms with Crippen LogP contribution in [-0.2, 0) is 9.53 Å². The Morgan fingerprint density at radius 3 is 2.95 bits per heavy atom. The highest BCUT2D eigenvalue weighted by molar-refractivity contribution is 7.14. The molecule has 0 radical (unpaired) electrons. The van der Waals surface area contributed by atoms with Crippen molar-refractivity contribution < 1.29 is 19.4 Å². The summed E-state index contributed by atoms with van der Waals surface area (Å²) in [5.74, 6) is -2.03. The average Bonchev–Trinajstić information content (AvgIpc) is 3.19. The van der Waals surface area contributed by atoms with E-state index >= 15 is 0 Å². The minimum absolute atomic E-state index is 0.123. The molecule has 1 saturated heterocycles. The van der Waals surface area contributed by atoms with Crippen molar-refractivity contribution in [3.63, 3.8) is 0 Å². The Balaban J connectivity index is 1.70. The van der Waals surface area contributed by atoms with E-state index in [1.54, 1.807) is 16.7 Å². The largest absolute Gasteiger partial charge is 0.481 e. The predicted octanol–water partition coefficient (Wildman–Crippen LogP) is 1.70. The Bertz CT molecular complexity index is 653. The summed E-state index contributed by atoms with van der Waals surface area (Å²) in [5, 5.41) is 18.1. The summed E-state index contributed by atoms with van der Waals surface area (Å²) < 4.78 is 5.12. The zero-order valence-corrected chi connectivity index (χ0v) is 12.4. The number of rotatable bonds is 4. The van der Waals surface area contributed by atoms with Crippen molar-refractivity contribution in [1.82, 2.24) is 10.3 Å². The van der Waals surface area contributed by atoms with E-state index in [0.717, 1.165) is 10.6 Å². The smallest absolute Gasteiger partial charge is 0.311 e. The number of thiazole rings is 1. The molecule has 0 aromatic carbocycles. The molecule has 2 aromatic rings. The molecule has 3 heterocycles. The molecule has 8 heteroatoms. The molecule has 0 saturated carbocycles. The van der Waals surface area contributed by atoms with E-state index in [-0.39, 0.29) is 19.1 Å². The number of carboxylic acid groups (broad SMARTS) is 1. The monoisotopic (exact) mass is 324 g/mol. The number of nitrogens with one attached hydrogen (secondary N) is 1. The first kappa shape index (κ1) is 14.2. The van der Waals surface area contributed by atoms with Gasteiger partial charge < -0.3 is 15.2 Å². The van der Waals surface area contributed by atoms with E-state index in [0.29, 0.717) is 5.69 Å². The summed E-state index contributed by atoms with van der Waals surface area (Å²) in [6.45, 7) is 0.335. The molecule has 0 spiro atoms. The van der Waals surface area contributed by atoms with Gasteiger partial charge in [0.05, 0.1) is 19.3 Å². The number of aromatic nitrogens is 1. The lowest BCUT2D eigenvalue weighted by Crippen LogP contribution is -2.42. The fourth-order valence-corrected chi connectivity index (χ4v) is 3.59. The van der Waals surface area contributed by atoms with Gasteiger partial charge in [-0.25, -0.2) is 4.98 Å². The van der Waals surface area contributed by atoms with Gasteiger partial charge in [0.2, 0.25) is 0 Å². The normalized spacial score (nSPS) is 21.3. The number of nitrogens with zero attached hydrogens (tertiary/aromatic N) is 1. The number of carbonyl (C=O) groups is 2. The minimum Gasteiger partial charge on any atom is -0.481 e. The van der Waals surface area contributed by atoms with E-state index < -0.39 is 17.9 Å². The van der Waals surface area contributed by atoms with Gasteiger partial charge in [0, 0.05) is 16.3 Å². The lowest BCUT2D eigenvalue weighted by Gasteiger charge is -2.14. The van der Waals surface area contributed by atoms with Gasteiger partial charge in [0.15, 0.2) is 0 Å². The molecule has 110 valence electrons. The van der Waals surface area contributed by atoms with Crippen LogP contribution < -0.4 is 5.32 Å². The molecule has 21 heavy (non-hydrogen) atoms. The van der Waals surface area contributed by atoms with Gasteiger partial charge in [0.25, 0.3) is 5.91 Å². The van der Waals surface area contributed by atoms with Crippen molar-refractivity contribution in [2.75, 3.05) is 13.2 Å². The molecule has 1 amide bonds. The van der Waals surface area contributed by atoms with Crippen molar-refractivity contribution in [1.29, 1.82) is 0 Å². The highest BCUT2D eigenvalue weighted by Gasteiger charge is 2.35. The number of carbonyl (C=O) groups excluding carboxylic acids is 1. The molecule has 2 N–H and O–H groups in total. The number of thiophene rings is 1. The van der Waals surface area contributed by atoms with Crippen LogP contribution in [0.5, 0.6) is 0 Å². The third-order valence-corrected chi connectivity index (χ3v) is 4.79. The van der Waals surface area contributed by atoms with Crippen molar-refractivity contribution in [2.45, 2.75) is 6.04 Å². The Kier molecular flexibility index (Phi) is 4.00. The fourth-order valence-electron chi connectivity index (χ4n) is 2.08. The van der Waals surface area contributed by atoms with Crippen LogP contribution in [0.3, 0.4) is 0 Å². The fraction of sp³-hybridized carbons (Fsp3) is 0.308. The summed E-state index contributed by atoms with van der Waals surface area (Å²) in [4.78, 5) is 27.5. The quantitative estimate of drug-likeness (QED) is 0.893. The number of amides is 1. The topological polar surface area (TPSA) is 88.5 Å². The average molecular weight is 324 g/mol. The standard InChI is InChI=1S/C13H12N2O4S2/c16-11(14-9-4-19-3-8(9)13(17)18)10-6-21-12(15-10)7-1-2-20-5-7/h1-2,5-6,8-9H,3-4H2,(H,14,16)(H,17,18). The number of ether oxygens (including phenoxy) is 1. The van der Waals surface area contributed by atoms with Gasteiger partial charge in [0.1, 0.15) is 16.6 Å². The van der Waals surface area contributed by atoms with E-state index in [1.165, 1.54) is 11.3 Å². The molecule has 2 unspecified atom stereocenters. The highest BCUT2D eigenvalue weighted by Crippen LogP contribution is 2.25. The molecule has 1 aliphatic rings. The molecule has 1 aliphatic heterocycles. The molecule has 6 nitrogen and oxygen atoms in total. The van der Waals surface area contributed by atoms with Crippen molar-refractivity contribution >= 4 is 34.6 Å². The molecule has 2 aromatic heterocycles. The number of aliphatic carboxylic acids is 1. The summed E-state index contributed by atoms with van der Waals surface area (Å²) >= 11 is 2.95. The summed E-state index contributed by atoms with van der Waals surface area (Å²) in [5.41, 5.74) is 1.29. The third-order valence-electron chi connectivity index (χ3n) is 3.22. The maximum atomic E-state index is 12.1. The van der Waals surface area contributed by atoms with Gasteiger partial charge in [-0.2, -0.15) is 11.3 Å². The highest BCUT2D eigenvalue weighted by atomic mass is 32.1. The van der Waals surface area contributed by atoms with Gasteiger partial charge in [-0.3, -0.25) is 9.59 Å². The first-order valence-electron chi connectivity index (χ1n) is 6.24. The van der Waals surface area contributed by atoms with Crippen LogP contribution in [0.15, 0.2) is 22.2 Å². The van der Waals surface area contributed by atoms with E-state index in [4.69, 9.17) is 9.84 Å². The number of hydrogen-bond donors (Lipinski definition) is 2. The van der Waals surface area contributed by atoms with Gasteiger partial charge in [-0.05, 0) is 11.4 Å². The second-order valence-corrected chi connectivity index (χ2v) is 6.25. The molecule has 2 atom stereocenters. The number of carboxylic acids is 1. The first-order valence-corrected chi connectivity index (χ1v) is 8.07. The third kappa shape index (κ3) is 2.97. The maximum absolute atomic E-state index is 12.1. The lowest BCUT2D eigenvalue weighted by atomic mass is 10.0. The Morgan fingerprint density at radius 2 is 2.24 bits per heavy atom. The number of hydrogen-bond acceptors (Lipinski definition) is 6. The van der Waals surface area contributed by atoms with E-state index in [2.05, 4.69) is 10.3 Å². The van der Waals surface area contributed by atoms with Crippen molar-refractivity contribution in [3.8, 4) is 10.6 Å². The molecule has 0 bridgehead atoms. The molecular weight excluding hydrogens is 312 g/mol. The molecular formula is C13H12N2O4S2.